The van der Waals surface area contributed by atoms with E-state index in [0.29, 0.717) is 42.7 Å². The number of likely N-dealkylation sites (tertiary alicyclic amines) is 1. The van der Waals surface area contributed by atoms with Crippen LogP contribution in [0.4, 0.5) is 0 Å². The molecule has 0 spiro atoms. The maximum absolute atomic E-state index is 15.2. The Bertz CT molecular complexity index is 1900. The third-order valence-corrected chi connectivity index (χ3v) is 15.0. The van der Waals surface area contributed by atoms with Crippen molar-refractivity contribution in [1.82, 2.24) is 15.3 Å². The molecule has 14 heteroatoms. The van der Waals surface area contributed by atoms with Gasteiger partial charge >= 0.3 is 11.9 Å². The van der Waals surface area contributed by atoms with Gasteiger partial charge in [-0.3, -0.25) is 24.0 Å². The quantitative estimate of drug-likeness (QED) is 0.249. The number of hydrogen-bond acceptors (Lipinski definition) is 12. The third-order valence-electron chi connectivity index (χ3n) is 15.0. The minimum atomic E-state index is -1.39. The Morgan fingerprint density at radius 1 is 1.05 bits per heavy atom. The summed E-state index contributed by atoms with van der Waals surface area (Å²) < 4.78 is 29.6. The van der Waals surface area contributed by atoms with Gasteiger partial charge in [-0.05, 0) is 107 Å². The predicted molar refractivity (Wildman–Crippen MR) is 216 cm³/mol. The summed E-state index contributed by atoms with van der Waals surface area (Å²) in [4.78, 5) is 63.8. The molecule has 60 heavy (non-hydrogen) atoms. The summed E-state index contributed by atoms with van der Waals surface area (Å²) in [5.74, 6) is -0.524. The maximum Gasteiger partial charge on any atom is 0.327 e. The number of fused-ring (bicyclic) bond motifs is 6. The lowest BCUT2D eigenvalue weighted by molar-refractivity contribution is -0.204. The number of aliphatic hydroxyl groups is 1. The fraction of sp³-hybridized carbons (Fsp3) is 0.739. The number of carbonyl (C=O) groups is 4. The minimum Gasteiger partial charge on any atom is -0.460 e. The lowest BCUT2D eigenvalue weighted by Crippen LogP contribution is -2.70. The van der Waals surface area contributed by atoms with E-state index in [-0.39, 0.29) is 50.7 Å². The molecule has 8 aliphatic rings. The molecule has 0 aromatic heterocycles. The number of ether oxygens (including phenoxy) is 5. The number of hydroxylamine groups is 2. The predicted octanol–water partition coefficient (Wildman–Crippen LogP) is 4.60. The first-order valence-corrected chi connectivity index (χ1v) is 22.3. The van der Waals surface area contributed by atoms with Crippen LogP contribution >= 0.6 is 0 Å². The molecular weight excluding hydrogens is 771 g/mol. The Labute approximate surface area is 352 Å². The second-order valence-corrected chi connectivity index (χ2v) is 20.6. The number of carbonyl (C=O) groups excluding carboxylic acids is 4. The van der Waals surface area contributed by atoms with E-state index >= 15 is 4.79 Å². The first-order chi connectivity index (χ1) is 28.5. The summed E-state index contributed by atoms with van der Waals surface area (Å²) in [6, 6.07) is 5.73. The molecule has 9 rings (SSSR count). The second-order valence-electron chi connectivity index (χ2n) is 20.6. The van der Waals surface area contributed by atoms with Crippen LogP contribution in [0.2, 0.25) is 0 Å². The number of epoxide rings is 1. The van der Waals surface area contributed by atoms with E-state index in [1.165, 1.54) is 18.4 Å². The molecule has 1 aromatic rings. The van der Waals surface area contributed by atoms with Crippen LogP contribution in [-0.2, 0) is 54.2 Å². The molecule has 1 aromatic carbocycles. The molecule has 14 nitrogen and oxygen atoms in total. The van der Waals surface area contributed by atoms with Gasteiger partial charge in [0.15, 0.2) is 6.04 Å². The Balaban J connectivity index is 0.928. The van der Waals surface area contributed by atoms with Crippen LogP contribution < -0.4 is 5.32 Å². The molecular formula is C46H63N3O11. The van der Waals surface area contributed by atoms with Crippen molar-refractivity contribution in [3.8, 4) is 0 Å². The van der Waals surface area contributed by atoms with Gasteiger partial charge in [0.2, 0.25) is 11.8 Å². The number of rotatable bonds is 10. The number of esters is 2. The third kappa shape index (κ3) is 7.50. The van der Waals surface area contributed by atoms with Crippen molar-refractivity contribution >= 4 is 29.8 Å². The van der Waals surface area contributed by atoms with Crippen LogP contribution in [0.25, 0.3) is 6.08 Å². The van der Waals surface area contributed by atoms with Crippen LogP contribution in [0.3, 0.4) is 0 Å². The molecule has 2 N–H and O–H groups in total. The van der Waals surface area contributed by atoms with Crippen molar-refractivity contribution < 1.29 is 52.8 Å². The maximum atomic E-state index is 15.2. The number of aliphatic hydroxyl groups excluding tert-OH is 1. The van der Waals surface area contributed by atoms with E-state index in [4.69, 9.17) is 28.5 Å². The SMILES string of the molecule is CC(C)(C)OC(=O)CCC(CO)NC(=O)C1CCCN1C(=O)C12CC3OC(=O)C1N(Cc1ccc(C=C4CCC5OC5(C)CCC5C4CC5(C)C)cc1)OC2C1OCOC31. The van der Waals surface area contributed by atoms with E-state index in [9.17, 15) is 19.5 Å². The van der Waals surface area contributed by atoms with Crippen LogP contribution in [0.1, 0.15) is 117 Å². The first kappa shape index (κ1) is 41.9. The van der Waals surface area contributed by atoms with Crippen molar-refractivity contribution in [3.05, 3.63) is 41.0 Å². The molecule has 5 heterocycles. The molecule has 5 aliphatic heterocycles. The van der Waals surface area contributed by atoms with E-state index < -0.39 is 71.4 Å². The van der Waals surface area contributed by atoms with Gasteiger partial charge in [-0.2, -0.15) is 5.06 Å². The Morgan fingerprint density at radius 2 is 1.82 bits per heavy atom. The normalized spacial score (nSPS) is 38.9. The van der Waals surface area contributed by atoms with Crippen LogP contribution in [-0.4, -0.2) is 119 Å². The van der Waals surface area contributed by atoms with Crippen molar-refractivity contribution in [2.24, 2.45) is 22.7 Å². The van der Waals surface area contributed by atoms with Gasteiger partial charge in [0.1, 0.15) is 48.3 Å². The van der Waals surface area contributed by atoms with E-state index in [2.05, 4.69) is 56.4 Å². The van der Waals surface area contributed by atoms with Gasteiger partial charge in [0.05, 0.1) is 30.9 Å². The Hall–Kier alpha value is -3.40. The standard InChI is InChI=1S/C46H63N3O11/c1-43(2,3)59-35(51)16-14-29(24-50)47-40(52)32-8-7-19-48(32)42(54)46-22-33-36-37(56-25-55-36)39(46)60-49(38(46)41(53)57-33)23-27-11-9-26(10-12-27)20-28-13-15-34-45(6,58-34)18-17-31-30(28)21-44(31,4)5/h9-12,20,29-34,36-39,50H,7-8,13-19,21-25H2,1-6H3,(H,47,52). The Kier molecular flexibility index (Phi) is 10.8. The summed E-state index contributed by atoms with van der Waals surface area (Å²) >= 11 is 0. The van der Waals surface area contributed by atoms with Crippen LogP contribution in [0, 0.1) is 22.7 Å². The van der Waals surface area contributed by atoms with Gasteiger partial charge in [0, 0.05) is 19.4 Å². The first-order valence-electron chi connectivity index (χ1n) is 22.3. The molecule has 2 amide bonds. The highest BCUT2D eigenvalue weighted by molar-refractivity contribution is 5.96. The highest BCUT2D eigenvalue weighted by atomic mass is 16.8. The summed E-state index contributed by atoms with van der Waals surface area (Å²) in [6.45, 7) is 12.6. The molecule has 5 saturated heterocycles. The monoisotopic (exact) mass is 833 g/mol. The number of hydrogen-bond donors (Lipinski definition) is 2. The zero-order chi connectivity index (χ0) is 42.4. The fourth-order valence-electron chi connectivity index (χ4n) is 11.9. The molecule has 8 fully saturated rings. The van der Waals surface area contributed by atoms with E-state index in [1.54, 1.807) is 30.7 Å². The summed E-state index contributed by atoms with van der Waals surface area (Å²) in [5, 5.41) is 14.6. The van der Waals surface area contributed by atoms with Crippen LogP contribution in [0.15, 0.2) is 29.8 Å². The number of benzene rings is 1. The summed E-state index contributed by atoms with van der Waals surface area (Å²) in [6.07, 6.45) is 6.88. The van der Waals surface area contributed by atoms with E-state index in [1.807, 2.05) is 0 Å². The second kappa shape index (κ2) is 15.4. The topological polar surface area (TPSA) is 166 Å². The highest BCUT2D eigenvalue weighted by Crippen LogP contribution is 2.60. The number of allylic oxidation sites excluding steroid dienone is 1. The molecule has 12 atom stereocenters. The number of nitrogens with one attached hydrogen (secondary N) is 1. The molecule has 0 radical (unpaired) electrons. The number of nitrogens with zero attached hydrogens (tertiary/aromatic N) is 2. The molecule has 12 unspecified atom stereocenters. The molecule has 328 valence electrons. The summed E-state index contributed by atoms with van der Waals surface area (Å²) in [7, 11) is 0. The largest absolute Gasteiger partial charge is 0.460 e. The van der Waals surface area contributed by atoms with Crippen molar-refractivity contribution in [1.29, 1.82) is 0 Å². The van der Waals surface area contributed by atoms with Crippen LogP contribution in [0.5, 0.6) is 0 Å². The van der Waals surface area contributed by atoms with Crippen molar-refractivity contribution in [2.45, 2.75) is 172 Å². The molecule has 2 bridgehead atoms. The zero-order valence-electron chi connectivity index (χ0n) is 36.0. The van der Waals surface area contributed by atoms with Crippen molar-refractivity contribution in [3.63, 3.8) is 0 Å². The average molecular weight is 834 g/mol. The molecule has 3 saturated carbocycles. The zero-order valence-corrected chi connectivity index (χ0v) is 36.0. The van der Waals surface area contributed by atoms with E-state index in [0.717, 1.165) is 30.4 Å². The van der Waals surface area contributed by atoms with Gasteiger partial charge in [-0.1, -0.05) is 49.8 Å². The van der Waals surface area contributed by atoms with Gasteiger partial charge in [-0.25, -0.2) is 0 Å². The smallest absolute Gasteiger partial charge is 0.327 e. The Morgan fingerprint density at radius 3 is 2.55 bits per heavy atom. The highest BCUT2D eigenvalue weighted by Gasteiger charge is 2.75. The molecule has 3 aliphatic carbocycles. The lowest BCUT2D eigenvalue weighted by Gasteiger charge is -2.53. The number of amides is 2. The minimum absolute atomic E-state index is 0.0121. The van der Waals surface area contributed by atoms with Crippen molar-refractivity contribution in [2.75, 3.05) is 19.9 Å². The van der Waals surface area contributed by atoms with Gasteiger partial charge < -0.3 is 39.0 Å². The van der Waals surface area contributed by atoms with Gasteiger partial charge in [0.25, 0.3) is 0 Å². The summed E-state index contributed by atoms with van der Waals surface area (Å²) in [5.41, 5.74) is 1.87. The average Bonchev–Trinajstić information content (AvgIpc) is 3.65. The lowest BCUT2D eigenvalue weighted by atomic mass is 9.52. The van der Waals surface area contributed by atoms with Gasteiger partial charge in [-0.15, -0.1) is 0 Å². The fourth-order valence-corrected chi connectivity index (χ4v) is 11.9.